The summed E-state index contributed by atoms with van der Waals surface area (Å²) in [7, 11) is 2.96. The van der Waals surface area contributed by atoms with Crippen molar-refractivity contribution in [2.24, 2.45) is 0 Å². The largest absolute Gasteiger partial charge is 0.493 e. The first kappa shape index (κ1) is 18.3. The lowest BCUT2D eigenvalue weighted by Gasteiger charge is -2.16. The van der Waals surface area contributed by atoms with Crippen LogP contribution in [0.4, 0.5) is 0 Å². The molecule has 0 saturated carbocycles. The van der Waals surface area contributed by atoms with Crippen LogP contribution in [-0.2, 0) is 4.79 Å². The molecule has 2 N–H and O–H groups in total. The average Bonchev–Trinajstić information content (AvgIpc) is 2.49. The molecule has 0 heterocycles. The Morgan fingerprint density at radius 2 is 2.00 bits per heavy atom. The highest BCUT2D eigenvalue weighted by Crippen LogP contribution is 2.36. The fraction of sp³-hybridized carbons (Fsp3) is 0.467. The predicted octanol–water partition coefficient (Wildman–Crippen LogP) is 2.84. The van der Waals surface area contributed by atoms with Gasteiger partial charge in [-0.05, 0) is 34.5 Å². The molecule has 0 radical (unpaired) electrons. The van der Waals surface area contributed by atoms with Gasteiger partial charge in [0.1, 0.15) is 6.04 Å². The van der Waals surface area contributed by atoms with E-state index in [0.29, 0.717) is 28.0 Å². The number of carbonyl (C=O) groups is 2. The van der Waals surface area contributed by atoms with Gasteiger partial charge in [-0.25, -0.2) is 4.79 Å². The molecule has 0 aliphatic heterocycles. The molecule has 0 spiro atoms. The third-order valence-corrected chi connectivity index (χ3v) is 3.73. The molecule has 22 heavy (non-hydrogen) atoms. The molecular weight excluding hydrogens is 354 g/mol. The zero-order valence-electron chi connectivity index (χ0n) is 12.8. The summed E-state index contributed by atoms with van der Waals surface area (Å²) in [5.41, 5.74) is 0.298. The van der Waals surface area contributed by atoms with E-state index in [2.05, 4.69) is 21.2 Å². The Morgan fingerprint density at radius 1 is 1.32 bits per heavy atom. The number of methoxy groups -OCH3 is 2. The van der Waals surface area contributed by atoms with Crippen LogP contribution in [0.2, 0.25) is 0 Å². The number of carbonyl (C=O) groups excluding carboxylic acids is 1. The molecule has 1 unspecified atom stereocenters. The van der Waals surface area contributed by atoms with E-state index in [-0.39, 0.29) is 0 Å². The standard InChI is InChI=1S/C15H20BrNO5/c1-4-5-6-11(15(19)20)17-14(18)9-7-10(16)13(22-3)12(8-9)21-2/h7-8,11H,4-6H2,1-3H3,(H,17,18)(H,19,20). The van der Waals surface area contributed by atoms with E-state index >= 15 is 0 Å². The zero-order valence-corrected chi connectivity index (χ0v) is 14.4. The number of carboxylic acids is 1. The van der Waals surface area contributed by atoms with Gasteiger partial charge in [-0.2, -0.15) is 0 Å². The second-order valence-electron chi connectivity index (χ2n) is 4.70. The van der Waals surface area contributed by atoms with Crippen molar-refractivity contribution in [3.8, 4) is 11.5 Å². The van der Waals surface area contributed by atoms with Crippen molar-refractivity contribution in [1.29, 1.82) is 0 Å². The van der Waals surface area contributed by atoms with Crippen LogP contribution in [0.5, 0.6) is 11.5 Å². The van der Waals surface area contributed by atoms with E-state index in [1.807, 2.05) is 6.92 Å². The second-order valence-corrected chi connectivity index (χ2v) is 5.55. The number of nitrogens with one attached hydrogen (secondary N) is 1. The normalized spacial score (nSPS) is 11.6. The number of hydrogen-bond donors (Lipinski definition) is 2. The van der Waals surface area contributed by atoms with Gasteiger partial charge in [-0.3, -0.25) is 4.79 Å². The van der Waals surface area contributed by atoms with Crippen LogP contribution in [0.25, 0.3) is 0 Å². The smallest absolute Gasteiger partial charge is 0.326 e. The monoisotopic (exact) mass is 373 g/mol. The van der Waals surface area contributed by atoms with Gasteiger partial charge in [-0.1, -0.05) is 19.8 Å². The molecule has 122 valence electrons. The second kappa shape index (κ2) is 8.63. The maximum Gasteiger partial charge on any atom is 0.326 e. The van der Waals surface area contributed by atoms with Crippen molar-refractivity contribution in [3.63, 3.8) is 0 Å². The molecule has 1 aromatic rings. The van der Waals surface area contributed by atoms with E-state index < -0.39 is 17.9 Å². The molecular formula is C15H20BrNO5. The van der Waals surface area contributed by atoms with Crippen molar-refractivity contribution >= 4 is 27.8 Å². The number of unbranched alkanes of at least 4 members (excludes halogenated alkanes) is 1. The minimum atomic E-state index is -1.04. The molecule has 0 aromatic heterocycles. The van der Waals surface area contributed by atoms with E-state index in [9.17, 15) is 9.59 Å². The van der Waals surface area contributed by atoms with Gasteiger partial charge in [0.25, 0.3) is 5.91 Å². The number of benzene rings is 1. The van der Waals surface area contributed by atoms with Gasteiger partial charge in [0.2, 0.25) is 0 Å². The van der Waals surface area contributed by atoms with Gasteiger partial charge in [0, 0.05) is 5.56 Å². The van der Waals surface area contributed by atoms with E-state index in [4.69, 9.17) is 14.6 Å². The van der Waals surface area contributed by atoms with E-state index in [0.717, 1.165) is 12.8 Å². The molecule has 0 aliphatic rings. The third-order valence-electron chi connectivity index (χ3n) is 3.15. The first-order valence-electron chi connectivity index (χ1n) is 6.89. The van der Waals surface area contributed by atoms with Gasteiger partial charge in [0.05, 0.1) is 18.7 Å². The van der Waals surface area contributed by atoms with Crippen molar-refractivity contribution in [2.75, 3.05) is 14.2 Å². The topological polar surface area (TPSA) is 84.9 Å². The highest BCUT2D eigenvalue weighted by atomic mass is 79.9. The number of hydrogen-bond acceptors (Lipinski definition) is 4. The molecule has 6 nitrogen and oxygen atoms in total. The molecule has 1 aromatic carbocycles. The molecule has 7 heteroatoms. The number of amides is 1. The Labute approximate surface area is 137 Å². The molecule has 0 bridgehead atoms. The maximum atomic E-state index is 12.3. The number of rotatable bonds is 8. The van der Waals surface area contributed by atoms with Crippen LogP contribution in [-0.4, -0.2) is 37.2 Å². The van der Waals surface area contributed by atoms with Gasteiger partial charge >= 0.3 is 5.97 Å². The van der Waals surface area contributed by atoms with Crippen molar-refractivity contribution < 1.29 is 24.2 Å². The summed E-state index contributed by atoms with van der Waals surface area (Å²) in [4.78, 5) is 23.4. The van der Waals surface area contributed by atoms with Crippen LogP contribution in [0, 0.1) is 0 Å². The van der Waals surface area contributed by atoms with Gasteiger partial charge in [0.15, 0.2) is 11.5 Å². The first-order chi connectivity index (χ1) is 10.4. The summed E-state index contributed by atoms with van der Waals surface area (Å²) >= 11 is 3.30. The fourth-order valence-corrected chi connectivity index (χ4v) is 2.56. The van der Waals surface area contributed by atoms with Crippen LogP contribution >= 0.6 is 15.9 Å². The summed E-state index contributed by atoms with van der Waals surface area (Å²) in [6.45, 7) is 1.96. The Balaban J connectivity index is 2.97. The molecule has 0 fully saturated rings. The molecule has 1 rings (SSSR count). The number of halogens is 1. The summed E-state index contributed by atoms with van der Waals surface area (Å²) < 4.78 is 10.9. The third kappa shape index (κ3) is 4.62. The Morgan fingerprint density at radius 3 is 2.50 bits per heavy atom. The Hall–Kier alpha value is -1.76. The van der Waals surface area contributed by atoms with E-state index in [1.54, 1.807) is 6.07 Å². The first-order valence-corrected chi connectivity index (χ1v) is 7.69. The Bertz CT molecular complexity index is 547. The summed E-state index contributed by atoms with van der Waals surface area (Å²) in [5, 5.41) is 11.7. The molecule has 1 atom stereocenters. The minimum absolute atomic E-state index is 0.298. The fourth-order valence-electron chi connectivity index (χ4n) is 1.96. The quantitative estimate of drug-likeness (QED) is 0.731. The lowest BCUT2D eigenvalue weighted by molar-refractivity contribution is -0.139. The highest BCUT2D eigenvalue weighted by Gasteiger charge is 2.21. The lowest BCUT2D eigenvalue weighted by atomic mass is 10.1. The van der Waals surface area contributed by atoms with Crippen LogP contribution in [0.1, 0.15) is 36.5 Å². The van der Waals surface area contributed by atoms with Gasteiger partial charge < -0.3 is 19.9 Å². The number of ether oxygens (including phenoxy) is 2. The summed E-state index contributed by atoms with van der Waals surface area (Å²) in [6, 6.07) is 2.17. The van der Waals surface area contributed by atoms with Crippen molar-refractivity contribution in [3.05, 3.63) is 22.2 Å². The van der Waals surface area contributed by atoms with Crippen LogP contribution in [0.15, 0.2) is 16.6 Å². The SMILES string of the molecule is CCCCC(NC(=O)c1cc(Br)c(OC)c(OC)c1)C(=O)O. The average molecular weight is 374 g/mol. The molecule has 0 saturated heterocycles. The summed E-state index contributed by atoms with van der Waals surface area (Å²) in [5.74, 6) is -0.645. The predicted molar refractivity (Wildman–Crippen MR) is 85.7 cm³/mol. The molecule has 1 amide bonds. The number of aliphatic carboxylic acids is 1. The lowest BCUT2D eigenvalue weighted by Crippen LogP contribution is -2.40. The number of carboxylic acid groups (broad SMARTS) is 1. The minimum Gasteiger partial charge on any atom is -0.493 e. The molecule has 0 aliphatic carbocycles. The van der Waals surface area contributed by atoms with Crippen LogP contribution < -0.4 is 14.8 Å². The van der Waals surface area contributed by atoms with Crippen LogP contribution in [0.3, 0.4) is 0 Å². The Kier molecular flexibility index (Phi) is 7.17. The van der Waals surface area contributed by atoms with Crippen molar-refractivity contribution in [1.82, 2.24) is 5.32 Å². The van der Waals surface area contributed by atoms with Gasteiger partial charge in [-0.15, -0.1) is 0 Å². The zero-order chi connectivity index (χ0) is 16.7. The van der Waals surface area contributed by atoms with E-state index in [1.165, 1.54) is 20.3 Å². The maximum absolute atomic E-state index is 12.3. The summed E-state index contributed by atoms with van der Waals surface area (Å²) in [6.07, 6.45) is 1.99. The highest BCUT2D eigenvalue weighted by molar-refractivity contribution is 9.10. The van der Waals surface area contributed by atoms with Crippen molar-refractivity contribution in [2.45, 2.75) is 32.2 Å².